The van der Waals surface area contributed by atoms with Gasteiger partial charge in [-0.15, -0.1) is 5.10 Å². The van der Waals surface area contributed by atoms with E-state index in [1.807, 2.05) is 13.8 Å². The average Bonchev–Trinajstić information content (AvgIpc) is 2.68. The van der Waals surface area contributed by atoms with Crippen LogP contribution in [0.15, 0.2) is 28.3 Å². The number of rotatable bonds is 4. The van der Waals surface area contributed by atoms with Gasteiger partial charge in [0.05, 0.1) is 5.69 Å². The van der Waals surface area contributed by atoms with Crippen LogP contribution in [-0.4, -0.2) is 19.7 Å². The topological polar surface area (TPSA) is 63.6 Å². The molecule has 2 aromatic rings. The molecule has 0 atom stereocenters. The third-order valence-electron chi connectivity index (χ3n) is 2.32. The van der Waals surface area contributed by atoms with E-state index in [9.17, 15) is 4.79 Å². The number of hydrogen-bond acceptors (Lipinski definition) is 4. The van der Waals surface area contributed by atoms with Gasteiger partial charge in [0, 0.05) is 23.0 Å². The van der Waals surface area contributed by atoms with E-state index in [2.05, 4.69) is 15.2 Å². The Kier molecular flexibility index (Phi) is 4.08. The van der Waals surface area contributed by atoms with Crippen LogP contribution >= 0.6 is 23.4 Å². The van der Waals surface area contributed by atoms with E-state index in [1.54, 1.807) is 22.9 Å². The maximum absolute atomic E-state index is 11.5. The number of pyridine rings is 1. The minimum atomic E-state index is -0.188. The summed E-state index contributed by atoms with van der Waals surface area (Å²) in [5, 5.41) is 7.78. The first kappa shape index (κ1) is 13.2. The van der Waals surface area contributed by atoms with Crippen molar-refractivity contribution in [2.45, 2.75) is 30.8 Å². The molecule has 0 aliphatic carbocycles. The molecule has 0 bridgehead atoms. The lowest BCUT2D eigenvalue weighted by Gasteiger charge is -2.08. The molecule has 0 spiro atoms. The van der Waals surface area contributed by atoms with E-state index in [1.165, 1.54) is 11.8 Å². The van der Waals surface area contributed by atoms with Gasteiger partial charge in [0.15, 0.2) is 5.16 Å². The Balaban J connectivity index is 2.14. The van der Waals surface area contributed by atoms with Crippen LogP contribution in [0.2, 0.25) is 5.02 Å². The molecule has 96 valence electrons. The van der Waals surface area contributed by atoms with Crippen molar-refractivity contribution in [2.75, 3.05) is 0 Å². The van der Waals surface area contributed by atoms with Gasteiger partial charge in [0.25, 0.3) is 0 Å². The van der Waals surface area contributed by atoms with E-state index >= 15 is 0 Å². The molecule has 1 N–H and O–H groups in total. The summed E-state index contributed by atoms with van der Waals surface area (Å²) in [6, 6.07) is 3.61. The summed E-state index contributed by atoms with van der Waals surface area (Å²) in [6.07, 6.45) is 1.66. The van der Waals surface area contributed by atoms with Gasteiger partial charge in [-0.3, -0.25) is 9.55 Å². The first-order valence-electron chi connectivity index (χ1n) is 5.48. The molecule has 0 saturated carbocycles. The third-order valence-corrected chi connectivity index (χ3v) is 3.54. The molecule has 0 aliphatic heterocycles. The fraction of sp³-hybridized carbons (Fsp3) is 0.364. The number of aromatic amines is 1. The van der Waals surface area contributed by atoms with Crippen LogP contribution in [0.3, 0.4) is 0 Å². The highest BCUT2D eigenvalue weighted by Crippen LogP contribution is 2.21. The predicted molar refractivity (Wildman–Crippen MR) is 72.0 cm³/mol. The predicted octanol–water partition coefficient (Wildman–Crippen LogP) is 2.49. The van der Waals surface area contributed by atoms with Gasteiger partial charge in [0.2, 0.25) is 0 Å². The van der Waals surface area contributed by atoms with Gasteiger partial charge < -0.3 is 0 Å². The maximum Gasteiger partial charge on any atom is 0.344 e. The second-order valence-corrected chi connectivity index (χ2v) is 5.41. The van der Waals surface area contributed by atoms with Gasteiger partial charge in [-0.25, -0.2) is 9.89 Å². The molecule has 18 heavy (non-hydrogen) atoms. The first-order valence-corrected chi connectivity index (χ1v) is 6.84. The Morgan fingerprint density at radius 3 is 3.00 bits per heavy atom. The minimum absolute atomic E-state index is 0.0751. The fourth-order valence-corrected chi connectivity index (χ4v) is 2.67. The van der Waals surface area contributed by atoms with Crippen LogP contribution in [0.5, 0.6) is 0 Å². The number of nitrogens with zero attached hydrogens (tertiary/aromatic N) is 3. The summed E-state index contributed by atoms with van der Waals surface area (Å²) in [6.45, 7) is 3.89. The van der Waals surface area contributed by atoms with E-state index in [-0.39, 0.29) is 11.7 Å². The van der Waals surface area contributed by atoms with Crippen LogP contribution in [0.1, 0.15) is 25.6 Å². The molecule has 0 aromatic carbocycles. The molecule has 0 radical (unpaired) electrons. The van der Waals surface area contributed by atoms with Crippen molar-refractivity contribution >= 4 is 23.4 Å². The van der Waals surface area contributed by atoms with Crippen LogP contribution in [0.4, 0.5) is 0 Å². The Hall–Kier alpha value is -1.27. The van der Waals surface area contributed by atoms with Crippen molar-refractivity contribution in [3.05, 3.63) is 39.5 Å². The number of hydrogen-bond donors (Lipinski definition) is 1. The van der Waals surface area contributed by atoms with E-state index in [4.69, 9.17) is 11.6 Å². The Bertz CT molecular complexity index is 593. The zero-order valence-corrected chi connectivity index (χ0v) is 11.6. The molecule has 7 heteroatoms. The molecule has 0 unspecified atom stereocenters. The molecule has 0 saturated heterocycles. The molecule has 2 rings (SSSR count). The Morgan fingerprint density at radius 2 is 2.33 bits per heavy atom. The molecule has 5 nitrogen and oxygen atoms in total. The van der Waals surface area contributed by atoms with Crippen molar-refractivity contribution in [2.24, 2.45) is 0 Å². The van der Waals surface area contributed by atoms with E-state index < -0.39 is 0 Å². The molecule has 2 heterocycles. The summed E-state index contributed by atoms with van der Waals surface area (Å²) >= 11 is 7.34. The largest absolute Gasteiger partial charge is 0.344 e. The SMILES string of the molecule is CC(C)n1c(SCc2cc(Cl)ccn2)n[nH]c1=O. The van der Waals surface area contributed by atoms with Crippen LogP contribution in [0.25, 0.3) is 0 Å². The smallest absolute Gasteiger partial charge is 0.268 e. The molecule has 0 aliphatic rings. The number of halogens is 1. The lowest BCUT2D eigenvalue weighted by atomic mass is 10.4. The van der Waals surface area contributed by atoms with E-state index in [0.29, 0.717) is 15.9 Å². The molecule has 2 aromatic heterocycles. The Labute approximate surface area is 114 Å². The zero-order chi connectivity index (χ0) is 13.1. The second kappa shape index (κ2) is 5.58. The van der Waals surface area contributed by atoms with Crippen molar-refractivity contribution in [3.8, 4) is 0 Å². The number of H-pyrrole nitrogens is 1. The van der Waals surface area contributed by atoms with Crippen LogP contribution in [-0.2, 0) is 5.75 Å². The monoisotopic (exact) mass is 284 g/mol. The number of thioether (sulfide) groups is 1. The van der Waals surface area contributed by atoms with Crippen molar-refractivity contribution in [3.63, 3.8) is 0 Å². The van der Waals surface area contributed by atoms with Gasteiger partial charge in [-0.2, -0.15) is 0 Å². The van der Waals surface area contributed by atoms with Crippen LogP contribution in [0, 0.1) is 0 Å². The standard InChI is InChI=1S/C11H13ClN4OS/c1-7(2)16-10(17)14-15-11(16)18-6-9-5-8(12)3-4-13-9/h3-5,7H,6H2,1-2H3,(H,14,17). The third kappa shape index (κ3) is 2.94. The maximum atomic E-state index is 11.5. The van der Waals surface area contributed by atoms with Crippen molar-refractivity contribution in [1.29, 1.82) is 0 Å². The molecule has 0 amide bonds. The number of nitrogens with one attached hydrogen (secondary N) is 1. The highest BCUT2D eigenvalue weighted by atomic mass is 35.5. The Morgan fingerprint density at radius 1 is 1.56 bits per heavy atom. The lowest BCUT2D eigenvalue weighted by Crippen LogP contribution is -2.19. The summed E-state index contributed by atoms with van der Waals surface area (Å²) in [5.74, 6) is 0.623. The van der Waals surface area contributed by atoms with E-state index in [0.717, 1.165) is 5.69 Å². The molecular weight excluding hydrogens is 272 g/mol. The first-order chi connectivity index (χ1) is 8.58. The van der Waals surface area contributed by atoms with Crippen molar-refractivity contribution in [1.82, 2.24) is 19.7 Å². The summed E-state index contributed by atoms with van der Waals surface area (Å²) in [4.78, 5) is 15.7. The quantitative estimate of drug-likeness (QED) is 0.876. The normalized spacial score (nSPS) is 11.1. The second-order valence-electron chi connectivity index (χ2n) is 4.03. The van der Waals surface area contributed by atoms with Crippen molar-refractivity contribution < 1.29 is 0 Å². The summed E-state index contributed by atoms with van der Waals surface area (Å²) < 4.78 is 1.62. The number of aromatic nitrogens is 4. The lowest BCUT2D eigenvalue weighted by molar-refractivity contribution is 0.534. The summed E-state index contributed by atoms with van der Waals surface area (Å²) in [7, 11) is 0. The highest BCUT2D eigenvalue weighted by molar-refractivity contribution is 7.98. The fourth-order valence-electron chi connectivity index (χ4n) is 1.51. The minimum Gasteiger partial charge on any atom is -0.268 e. The van der Waals surface area contributed by atoms with Crippen LogP contribution < -0.4 is 5.69 Å². The van der Waals surface area contributed by atoms with Gasteiger partial charge in [-0.05, 0) is 26.0 Å². The summed E-state index contributed by atoms with van der Waals surface area (Å²) in [5.41, 5.74) is 0.671. The van der Waals surface area contributed by atoms with Gasteiger partial charge in [-0.1, -0.05) is 23.4 Å². The molecule has 0 fully saturated rings. The zero-order valence-electron chi connectivity index (χ0n) is 10.1. The highest BCUT2D eigenvalue weighted by Gasteiger charge is 2.12. The average molecular weight is 285 g/mol. The molecular formula is C11H13ClN4OS. The van der Waals surface area contributed by atoms with Gasteiger partial charge in [0.1, 0.15) is 0 Å². The van der Waals surface area contributed by atoms with Gasteiger partial charge >= 0.3 is 5.69 Å².